The molecule has 2 saturated carbocycles. The number of thioether (sulfide) groups is 1. The van der Waals surface area contributed by atoms with E-state index in [9.17, 15) is 32.4 Å². The smallest absolute Gasteiger partial charge is 0.315 e. The Morgan fingerprint density at radius 3 is 2.37 bits per heavy atom. The predicted molar refractivity (Wildman–Crippen MR) is 197 cm³/mol. The maximum absolute atomic E-state index is 14.5. The number of hydrogen-bond acceptors (Lipinski definition) is 8. The van der Waals surface area contributed by atoms with Crippen LogP contribution in [0.2, 0.25) is 0 Å². The molecule has 2 aliphatic carbocycles. The largest absolute Gasteiger partial charge is 0.346 e. The van der Waals surface area contributed by atoms with Crippen molar-refractivity contribution in [3.05, 3.63) is 22.5 Å². The number of rotatable bonds is 13. The summed E-state index contributed by atoms with van der Waals surface area (Å²) in [5.74, 6) is -1.77. The molecule has 5 rings (SSSR count). The lowest BCUT2D eigenvalue weighted by molar-refractivity contribution is -0.145. The van der Waals surface area contributed by atoms with E-state index in [-0.39, 0.29) is 36.8 Å². The summed E-state index contributed by atoms with van der Waals surface area (Å²) in [6, 6.07) is -3.49. The number of hydrogen-bond donors (Lipinski definition) is 4. The van der Waals surface area contributed by atoms with Crippen LogP contribution < -0.4 is 21.3 Å². The molecule has 5 atom stereocenters. The van der Waals surface area contributed by atoms with Crippen molar-refractivity contribution >= 4 is 51.3 Å². The predicted octanol–water partition coefficient (Wildman–Crippen LogP) is 3.04. The molecule has 0 aromatic heterocycles. The van der Waals surface area contributed by atoms with Gasteiger partial charge in [-0.25, -0.2) is 13.2 Å². The first kappa shape index (κ1) is 39.3. The average molecular weight is 749 g/mol. The van der Waals surface area contributed by atoms with Crippen LogP contribution in [0.4, 0.5) is 4.79 Å². The van der Waals surface area contributed by atoms with Gasteiger partial charge in [0.2, 0.25) is 27.6 Å². The lowest BCUT2D eigenvalue weighted by Crippen LogP contribution is -2.64. The number of amides is 5. The summed E-state index contributed by atoms with van der Waals surface area (Å²) in [7, 11) is -3.59. The number of carbonyl (C=O) groups excluding carboxylic acids is 5. The molecule has 0 aromatic rings. The van der Waals surface area contributed by atoms with Crippen LogP contribution in [0.25, 0.3) is 0 Å². The van der Waals surface area contributed by atoms with Crippen molar-refractivity contribution in [2.24, 2.45) is 22.7 Å². The van der Waals surface area contributed by atoms with Gasteiger partial charge < -0.3 is 26.2 Å². The zero-order valence-electron chi connectivity index (χ0n) is 30.9. The molecule has 0 spiro atoms. The quantitative estimate of drug-likeness (QED) is 0.164. The summed E-state index contributed by atoms with van der Waals surface area (Å²) < 4.78 is 28.3. The van der Waals surface area contributed by atoms with Gasteiger partial charge in [0.15, 0.2) is 0 Å². The number of likely N-dealkylation sites (tertiary alicyclic amines) is 1. The maximum Gasteiger partial charge on any atom is 0.315 e. The molecule has 15 heteroatoms. The fourth-order valence-electron chi connectivity index (χ4n) is 8.58. The van der Waals surface area contributed by atoms with Crippen LogP contribution in [0.5, 0.6) is 0 Å². The van der Waals surface area contributed by atoms with Crippen LogP contribution >= 0.6 is 11.8 Å². The number of carbonyl (C=O) groups is 5. The standard InChI is InChI=1S/C36H56N6O7S2/c1-8-13-23(28(43)31(45)37-17-9-2)38-30(44)27-26-22(35(26,6)7)19-42(27)32(46)29(34(3,4)5)39-33(47)40-36(15-11-10-12-16-36)21-41-20-24-25(14-18-50-24)51(41,48)49/h9,22-23,26-27,29H,2,8,10-21H2,1,3-7H3,(H,37,45)(H,38,44)(H2,39,40,47)/t22-,23?,26-,27-,29+/m0/s1. The molecular formula is C36H56N6O7S2. The van der Waals surface area contributed by atoms with E-state index >= 15 is 0 Å². The van der Waals surface area contributed by atoms with Crippen molar-refractivity contribution in [2.75, 3.05) is 31.9 Å². The summed E-state index contributed by atoms with van der Waals surface area (Å²) in [5, 5.41) is 11.4. The monoisotopic (exact) mass is 748 g/mol. The highest BCUT2D eigenvalue weighted by Gasteiger charge is 2.70. The number of sulfonamides is 1. The average Bonchev–Trinajstić information content (AvgIpc) is 3.51. The summed E-state index contributed by atoms with van der Waals surface area (Å²) in [4.78, 5) is 70.9. The van der Waals surface area contributed by atoms with E-state index in [1.165, 1.54) is 15.3 Å². The molecule has 0 radical (unpaired) electrons. The van der Waals surface area contributed by atoms with Crippen molar-refractivity contribution in [1.29, 1.82) is 0 Å². The van der Waals surface area contributed by atoms with Gasteiger partial charge in [0.25, 0.3) is 5.91 Å². The number of ketones is 1. The van der Waals surface area contributed by atoms with Gasteiger partial charge in [-0.3, -0.25) is 19.2 Å². The molecule has 0 aromatic carbocycles. The lowest BCUT2D eigenvalue weighted by Gasteiger charge is -2.42. The van der Waals surface area contributed by atoms with Crippen molar-refractivity contribution in [2.45, 2.75) is 117 Å². The molecule has 1 unspecified atom stereocenters. The Labute approximate surface area is 307 Å². The Bertz CT molecular complexity index is 1580. The number of nitrogens with zero attached hydrogens (tertiary/aromatic N) is 2. The number of urea groups is 1. The zero-order chi connectivity index (χ0) is 37.5. The second-order valence-electron chi connectivity index (χ2n) is 16.6. The van der Waals surface area contributed by atoms with Gasteiger partial charge in [-0.1, -0.05) is 73.3 Å². The van der Waals surface area contributed by atoms with E-state index in [1.807, 2.05) is 27.7 Å². The SMILES string of the molecule is C=CCNC(=O)C(=O)C(CCC)NC(=O)[C@@H]1[C@@H]2[C@H](CN1C(=O)[C@@H](NC(=O)NC1(CN3CC4=C(CCS4)S3(=O)=O)CCCCC1)C(C)(C)C)C2(C)C. The number of piperidine rings is 1. The first-order chi connectivity index (χ1) is 23.9. The van der Waals surface area contributed by atoms with Crippen molar-refractivity contribution in [3.63, 3.8) is 0 Å². The Morgan fingerprint density at radius 2 is 1.76 bits per heavy atom. The lowest BCUT2D eigenvalue weighted by atomic mass is 9.81. The number of fused-ring (bicyclic) bond motifs is 1. The van der Waals surface area contributed by atoms with Crippen LogP contribution in [0.1, 0.15) is 92.9 Å². The van der Waals surface area contributed by atoms with Gasteiger partial charge in [-0.15, -0.1) is 18.3 Å². The van der Waals surface area contributed by atoms with Crippen molar-refractivity contribution in [3.8, 4) is 0 Å². The molecule has 5 aliphatic rings. The summed E-state index contributed by atoms with van der Waals surface area (Å²) in [6.07, 6.45) is 6.72. The number of nitrogens with one attached hydrogen (secondary N) is 4. The minimum absolute atomic E-state index is 0.0594. The third-order valence-corrected chi connectivity index (χ3v) is 14.8. The van der Waals surface area contributed by atoms with E-state index in [0.717, 1.165) is 29.9 Å². The molecular weight excluding hydrogens is 693 g/mol. The van der Waals surface area contributed by atoms with Gasteiger partial charge in [0.1, 0.15) is 12.1 Å². The Hall–Kier alpha value is -2.91. The molecule has 284 valence electrons. The van der Waals surface area contributed by atoms with Gasteiger partial charge in [-0.05, 0) is 48.3 Å². The minimum Gasteiger partial charge on any atom is -0.346 e. The fraction of sp³-hybridized carbons (Fsp3) is 0.750. The first-order valence-electron chi connectivity index (χ1n) is 18.4. The molecule has 4 N–H and O–H groups in total. The van der Waals surface area contributed by atoms with Crippen LogP contribution in [-0.2, 0) is 29.2 Å². The van der Waals surface area contributed by atoms with Gasteiger partial charge in [0, 0.05) is 36.8 Å². The highest BCUT2D eigenvalue weighted by Crippen LogP contribution is 2.65. The molecule has 3 heterocycles. The second kappa shape index (κ2) is 14.8. The van der Waals surface area contributed by atoms with Crippen molar-refractivity contribution in [1.82, 2.24) is 30.5 Å². The Morgan fingerprint density at radius 1 is 1.08 bits per heavy atom. The van der Waals surface area contributed by atoms with E-state index in [2.05, 4.69) is 41.7 Å². The van der Waals surface area contributed by atoms with Gasteiger partial charge in [-0.2, -0.15) is 4.31 Å². The van der Waals surface area contributed by atoms with Crippen LogP contribution in [0.15, 0.2) is 22.5 Å². The van der Waals surface area contributed by atoms with Gasteiger partial charge in [0.05, 0.1) is 16.5 Å². The molecule has 13 nitrogen and oxygen atoms in total. The maximum atomic E-state index is 14.5. The Balaban J connectivity index is 1.32. The van der Waals surface area contributed by atoms with E-state index in [0.29, 0.717) is 43.7 Å². The normalized spacial score (nSPS) is 27.1. The van der Waals surface area contributed by atoms with Crippen molar-refractivity contribution < 1.29 is 32.4 Å². The summed E-state index contributed by atoms with van der Waals surface area (Å²) >= 11 is 1.59. The summed E-state index contributed by atoms with van der Waals surface area (Å²) in [6.45, 7) is 16.0. The zero-order valence-corrected chi connectivity index (χ0v) is 32.6. The van der Waals surface area contributed by atoms with Crippen LogP contribution in [0.3, 0.4) is 0 Å². The molecule has 3 fully saturated rings. The second-order valence-corrected chi connectivity index (χ2v) is 19.7. The first-order valence-corrected chi connectivity index (χ1v) is 20.8. The Kier molecular flexibility index (Phi) is 11.4. The number of allylic oxidation sites excluding steroid dienone is 1. The fourth-order valence-corrected chi connectivity index (χ4v) is 12.1. The molecule has 0 bridgehead atoms. The highest BCUT2D eigenvalue weighted by atomic mass is 32.2. The van der Waals surface area contributed by atoms with Crippen LogP contribution in [-0.4, -0.2) is 103 Å². The molecule has 5 amide bonds. The molecule has 3 aliphatic heterocycles. The molecule has 1 saturated heterocycles. The molecule has 51 heavy (non-hydrogen) atoms. The highest BCUT2D eigenvalue weighted by molar-refractivity contribution is 8.05. The third-order valence-electron chi connectivity index (χ3n) is 11.5. The summed E-state index contributed by atoms with van der Waals surface area (Å²) in [5.41, 5.74) is -1.74. The third kappa shape index (κ3) is 7.90. The van der Waals surface area contributed by atoms with E-state index < -0.39 is 68.6 Å². The number of Topliss-reactive ketones (excluding diaryl/α,β-unsaturated/α-hetero) is 1. The van der Waals surface area contributed by atoms with Crippen LogP contribution in [0, 0.1) is 22.7 Å². The van der Waals surface area contributed by atoms with E-state index in [1.54, 1.807) is 11.8 Å². The van der Waals surface area contributed by atoms with E-state index in [4.69, 9.17) is 0 Å². The minimum atomic E-state index is -3.59. The topological polar surface area (TPSA) is 174 Å². The van der Waals surface area contributed by atoms with Gasteiger partial charge >= 0.3 is 6.03 Å².